The summed E-state index contributed by atoms with van der Waals surface area (Å²) in [6.07, 6.45) is 1.55. The van der Waals surface area contributed by atoms with Crippen LogP contribution in [0.25, 0.3) is 0 Å². The van der Waals surface area contributed by atoms with Gasteiger partial charge in [0, 0.05) is 25.2 Å². The molecule has 2 heterocycles. The molecule has 146 valence electrons. The van der Waals surface area contributed by atoms with Gasteiger partial charge in [-0.05, 0) is 30.2 Å². The molecule has 1 aliphatic heterocycles. The zero-order valence-corrected chi connectivity index (χ0v) is 16.4. The SMILES string of the molecule is Cl.Cl.NC[C@@H]1CN(C(=O)CNC(=O)c2ccccn2)C[C@H]1c1ccccc1. The highest BCUT2D eigenvalue weighted by atomic mass is 35.5. The first-order valence-electron chi connectivity index (χ1n) is 8.41. The summed E-state index contributed by atoms with van der Waals surface area (Å²) in [5, 5.41) is 2.64. The number of pyridine rings is 1. The highest BCUT2D eigenvalue weighted by Gasteiger charge is 2.35. The van der Waals surface area contributed by atoms with E-state index in [0.717, 1.165) is 0 Å². The van der Waals surface area contributed by atoms with Crippen molar-refractivity contribution in [3.8, 4) is 0 Å². The zero-order valence-electron chi connectivity index (χ0n) is 14.8. The average molecular weight is 411 g/mol. The number of carbonyl (C=O) groups is 2. The van der Waals surface area contributed by atoms with E-state index < -0.39 is 0 Å². The highest BCUT2D eigenvalue weighted by Crippen LogP contribution is 2.31. The highest BCUT2D eigenvalue weighted by molar-refractivity contribution is 5.94. The Hall–Kier alpha value is -2.15. The number of hydrogen-bond donors (Lipinski definition) is 2. The summed E-state index contributed by atoms with van der Waals surface area (Å²) in [6, 6.07) is 15.2. The van der Waals surface area contributed by atoms with Gasteiger partial charge in [0.1, 0.15) is 5.69 Å². The molecular weight excluding hydrogens is 387 g/mol. The molecule has 0 aliphatic carbocycles. The fraction of sp³-hybridized carbons (Fsp3) is 0.316. The normalized spacial score (nSPS) is 18.2. The van der Waals surface area contributed by atoms with Crippen LogP contribution in [0.5, 0.6) is 0 Å². The van der Waals surface area contributed by atoms with E-state index in [1.165, 1.54) is 5.56 Å². The van der Waals surface area contributed by atoms with Crippen molar-refractivity contribution in [2.45, 2.75) is 5.92 Å². The minimum Gasteiger partial charge on any atom is -0.342 e. The van der Waals surface area contributed by atoms with E-state index in [4.69, 9.17) is 5.73 Å². The van der Waals surface area contributed by atoms with Gasteiger partial charge in [0.25, 0.3) is 5.91 Å². The number of aromatic nitrogens is 1. The number of nitrogens with two attached hydrogens (primary N) is 1. The molecule has 1 aromatic heterocycles. The van der Waals surface area contributed by atoms with Crippen molar-refractivity contribution in [2.75, 3.05) is 26.2 Å². The van der Waals surface area contributed by atoms with Gasteiger partial charge in [-0.15, -0.1) is 24.8 Å². The Morgan fingerprint density at radius 2 is 1.78 bits per heavy atom. The molecule has 1 aliphatic rings. The molecule has 27 heavy (non-hydrogen) atoms. The molecule has 1 saturated heterocycles. The molecule has 6 nitrogen and oxygen atoms in total. The summed E-state index contributed by atoms with van der Waals surface area (Å²) >= 11 is 0. The van der Waals surface area contributed by atoms with Gasteiger partial charge >= 0.3 is 0 Å². The third-order valence-electron chi connectivity index (χ3n) is 4.62. The molecule has 8 heteroatoms. The van der Waals surface area contributed by atoms with E-state index in [-0.39, 0.29) is 55.0 Å². The van der Waals surface area contributed by atoms with Crippen LogP contribution in [0.3, 0.4) is 0 Å². The summed E-state index contributed by atoms with van der Waals surface area (Å²) in [5.41, 5.74) is 7.41. The fourth-order valence-electron chi connectivity index (χ4n) is 3.25. The lowest BCUT2D eigenvalue weighted by Crippen LogP contribution is -2.39. The summed E-state index contributed by atoms with van der Waals surface area (Å²) in [6.45, 7) is 1.75. The molecular formula is C19H24Cl2N4O2. The van der Waals surface area contributed by atoms with Crippen LogP contribution in [0.2, 0.25) is 0 Å². The van der Waals surface area contributed by atoms with Gasteiger partial charge in [0.15, 0.2) is 0 Å². The van der Waals surface area contributed by atoms with Crippen LogP contribution in [0, 0.1) is 5.92 Å². The molecule has 2 aromatic rings. The van der Waals surface area contributed by atoms with Crippen LogP contribution in [-0.4, -0.2) is 47.9 Å². The quantitative estimate of drug-likeness (QED) is 0.786. The summed E-state index contributed by atoms with van der Waals surface area (Å²) < 4.78 is 0. The third kappa shape index (κ3) is 5.66. The van der Waals surface area contributed by atoms with Gasteiger partial charge in [0.05, 0.1) is 6.54 Å². The Morgan fingerprint density at radius 1 is 1.07 bits per heavy atom. The minimum absolute atomic E-state index is 0. The summed E-state index contributed by atoms with van der Waals surface area (Å²) in [4.78, 5) is 30.2. The molecule has 0 bridgehead atoms. The second-order valence-electron chi connectivity index (χ2n) is 6.21. The lowest BCUT2D eigenvalue weighted by molar-refractivity contribution is -0.129. The maximum absolute atomic E-state index is 12.5. The van der Waals surface area contributed by atoms with E-state index >= 15 is 0 Å². The molecule has 2 atom stereocenters. The van der Waals surface area contributed by atoms with Gasteiger partial charge < -0.3 is 16.0 Å². The van der Waals surface area contributed by atoms with Crippen molar-refractivity contribution in [3.63, 3.8) is 0 Å². The number of nitrogens with zero attached hydrogens (tertiary/aromatic N) is 2. The van der Waals surface area contributed by atoms with Crippen molar-refractivity contribution in [1.82, 2.24) is 15.2 Å². The van der Waals surface area contributed by atoms with Crippen LogP contribution in [0.1, 0.15) is 22.0 Å². The Balaban J connectivity index is 0.00000182. The molecule has 0 spiro atoms. The average Bonchev–Trinajstić information content (AvgIpc) is 3.12. The molecule has 3 N–H and O–H groups in total. The molecule has 0 saturated carbocycles. The molecule has 1 aromatic carbocycles. The van der Waals surface area contributed by atoms with Crippen molar-refractivity contribution < 1.29 is 9.59 Å². The van der Waals surface area contributed by atoms with Crippen LogP contribution >= 0.6 is 24.8 Å². The van der Waals surface area contributed by atoms with E-state index in [2.05, 4.69) is 22.4 Å². The zero-order chi connectivity index (χ0) is 17.6. The minimum atomic E-state index is -0.344. The molecule has 0 radical (unpaired) electrons. The van der Waals surface area contributed by atoms with Crippen LogP contribution in [0.15, 0.2) is 54.7 Å². The number of halogens is 2. The summed E-state index contributed by atoms with van der Waals surface area (Å²) in [7, 11) is 0. The maximum atomic E-state index is 12.5. The Kier molecular flexibility index (Phi) is 9.21. The third-order valence-corrected chi connectivity index (χ3v) is 4.62. The predicted molar refractivity (Wildman–Crippen MR) is 109 cm³/mol. The largest absolute Gasteiger partial charge is 0.342 e. The molecule has 3 rings (SSSR count). The Bertz CT molecular complexity index is 731. The van der Waals surface area contributed by atoms with Crippen molar-refractivity contribution in [1.29, 1.82) is 0 Å². The second kappa shape index (κ2) is 10.9. The topological polar surface area (TPSA) is 88.3 Å². The van der Waals surface area contributed by atoms with E-state index in [1.807, 2.05) is 18.2 Å². The number of amides is 2. The van der Waals surface area contributed by atoms with Crippen molar-refractivity contribution >= 4 is 36.6 Å². The van der Waals surface area contributed by atoms with Gasteiger partial charge in [-0.3, -0.25) is 14.6 Å². The number of rotatable bonds is 5. The first-order valence-corrected chi connectivity index (χ1v) is 8.41. The number of carbonyl (C=O) groups excluding carboxylic acids is 2. The molecule has 2 amide bonds. The fourth-order valence-corrected chi connectivity index (χ4v) is 3.25. The predicted octanol–water partition coefficient (Wildman–Crippen LogP) is 1.86. The Labute approximate surface area is 171 Å². The van der Waals surface area contributed by atoms with Gasteiger partial charge in [-0.1, -0.05) is 36.4 Å². The second-order valence-corrected chi connectivity index (χ2v) is 6.21. The molecule has 0 unspecified atom stereocenters. The smallest absolute Gasteiger partial charge is 0.270 e. The van der Waals surface area contributed by atoms with Gasteiger partial charge in [-0.25, -0.2) is 0 Å². The van der Waals surface area contributed by atoms with Gasteiger partial charge in [0.2, 0.25) is 5.91 Å². The number of hydrogen-bond acceptors (Lipinski definition) is 4. The van der Waals surface area contributed by atoms with E-state index in [1.54, 1.807) is 29.3 Å². The first-order chi connectivity index (χ1) is 12.2. The van der Waals surface area contributed by atoms with E-state index in [9.17, 15) is 9.59 Å². The van der Waals surface area contributed by atoms with E-state index in [0.29, 0.717) is 25.3 Å². The van der Waals surface area contributed by atoms with Crippen LogP contribution in [0.4, 0.5) is 0 Å². The standard InChI is InChI=1S/C19H22N4O2.2ClH/c20-10-15-12-23(13-16(15)14-6-2-1-3-7-14)18(24)11-22-19(25)17-8-4-5-9-21-17;;/h1-9,15-16H,10-13,20H2,(H,22,25);2*1H/t15-,16+;;/m1../s1. The lowest BCUT2D eigenvalue weighted by Gasteiger charge is -2.17. The van der Waals surface area contributed by atoms with Crippen molar-refractivity contribution in [3.05, 3.63) is 66.0 Å². The number of likely N-dealkylation sites (tertiary alicyclic amines) is 1. The van der Waals surface area contributed by atoms with Crippen LogP contribution in [-0.2, 0) is 4.79 Å². The van der Waals surface area contributed by atoms with Crippen LogP contribution < -0.4 is 11.1 Å². The maximum Gasteiger partial charge on any atom is 0.270 e. The van der Waals surface area contributed by atoms with Crippen molar-refractivity contribution in [2.24, 2.45) is 11.7 Å². The Morgan fingerprint density at radius 3 is 2.41 bits per heavy atom. The molecule has 1 fully saturated rings. The lowest BCUT2D eigenvalue weighted by atomic mass is 9.89. The monoisotopic (exact) mass is 410 g/mol. The number of benzene rings is 1. The number of nitrogens with one attached hydrogen (secondary N) is 1. The summed E-state index contributed by atoms with van der Waals surface area (Å²) in [5.74, 6) is 0.0313. The first kappa shape index (κ1) is 22.9. The van der Waals surface area contributed by atoms with Gasteiger partial charge in [-0.2, -0.15) is 0 Å².